The first kappa shape index (κ1) is 9.31. The van der Waals surface area contributed by atoms with Gasteiger partial charge in [0.2, 0.25) is 0 Å². The summed E-state index contributed by atoms with van der Waals surface area (Å²) >= 11 is 0. The minimum Gasteiger partial charge on any atom is -0.478 e. The summed E-state index contributed by atoms with van der Waals surface area (Å²) in [5, 5.41) is 26.9. The van der Waals surface area contributed by atoms with E-state index < -0.39 is 18.3 Å². The Morgan fingerprint density at radius 1 is 1.80 bits per heavy atom. The zero-order valence-corrected chi connectivity index (χ0v) is 5.37. The minimum absolute atomic E-state index is 0.852. The van der Waals surface area contributed by atoms with Gasteiger partial charge in [-0.2, -0.15) is 0 Å². The number of likely N-dealkylation sites (N-methyl/N-ethyl adjacent to an activating group) is 1. The normalized spacial score (nSPS) is 16.3. The summed E-state index contributed by atoms with van der Waals surface area (Å²) in [6.45, 7) is -0.852. The van der Waals surface area contributed by atoms with E-state index in [2.05, 4.69) is 10.2 Å². The van der Waals surface area contributed by atoms with Crippen molar-refractivity contribution in [3.8, 4) is 0 Å². The lowest BCUT2D eigenvalue weighted by Crippen LogP contribution is -2.55. The molecule has 10 heavy (non-hydrogen) atoms. The zero-order chi connectivity index (χ0) is 8.20. The lowest BCUT2D eigenvalue weighted by Gasteiger charge is -2.21. The molecule has 0 heterocycles. The van der Waals surface area contributed by atoms with E-state index >= 15 is 0 Å². The number of carboxylic acid groups (broad SMARTS) is 1. The molecule has 1 atom stereocenters. The molecule has 4 N–H and O–H groups in total. The SMILES string of the molecule is CN[C@](CO)(OO)C(=O)O. The van der Waals surface area contributed by atoms with Crippen LogP contribution in [0.4, 0.5) is 0 Å². The van der Waals surface area contributed by atoms with E-state index in [1.807, 2.05) is 0 Å². The van der Waals surface area contributed by atoms with Crippen molar-refractivity contribution in [2.24, 2.45) is 0 Å². The number of carboxylic acids is 1. The van der Waals surface area contributed by atoms with Gasteiger partial charge < -0.3 is 10.2 Å². The average molecular weight is 151 g/mol. The third-order valence-electron chi connectivity index (χ3n) is 1.13. The molecule has 0 radical (unpaired) electrons. The Labute approximate surface area is 57.0 Å². The Kier molecular flexibility index (Phi) is 3.23. The summed E-state index contributed by atoms with van der Waals surface area (Å²) in [4.78, 5) is 13.7. The van der Waals surface area contributed by atoms with Crippen LogP contribution < -0.4 is 5.32 Å². The van der Waals surface area contributed by atoms with Gasteiger partial charge >= 0.3 is 5.97 Å². The smallest absolute Gasteiger partial charge is 0.357 e. The minimum atomic E-state index is -2.10. The summed E-state index contributed by atoms with van der Waals surface area (Å²) < 4.78 is 0. The van der Waals surface area contributed by atoms with E-state index in [1.165, 1.54) is 7.05 Å². The fourth-order valence-corrected chi connectivity index (χ4v) is 0.367. The topological polar surface area (TPSA) is 99.0 Å². The van der Waals surface area contributed by atoms with Gasteiger partial charge in [0.1, 0.15) is 6.61 Å². The van der Waals surface area contributed by atoms with E-state index in [-0.39, 0.29) is 0 Å². The third kappa shape index (κ3) is 1.42. The molecule has 0 aromatic rings. The van der Waals surface area contributed by atoms with Crippen molar-refractivity contribution in [3.63, 3.8) is 0 Å². The molecule has 0 bridgehead atoms. The van der Waals surface area contributed by atoms with Crippen LogP contribution in [0.2, 0.25) is 0 Å². The standard InChI is InChI=1S/C4H9NO5/c1-5-4(2-6,10-9)3(7)8/h5-6,9H,2H2,1H3,(H,7,8)/t4-/m1/s1. The fraction of sp³-hybridized carbons (Fsp3) is 0.750. The van der Waals surface area contributed by atoms with Gasteiger partial charge in [0, 0.05) is 0 Å². The quantitative estimate of drug-likeness (QED) is 0.221. The van der Waals surface area contributed by atoms with Gasteiger partial charge in [-0.05, 0) is 7.05 Å². The first-order valence-corrected chi connectivity index (χ1v) is 2.48. The van der Waals surface area contributed by atoms with Crippen molar-refractivity contribution in [2.45, 2.75) is 5.72 Å². The molecule has 0 aliphatic heterocycles. The fourth-order valence-electron chi connectivity index (χ4n) is 0.367. The second-order valence-electron chi connectivity index (χ2n) is 1.63. The van der Waals surface area contributed by atoms with Gasteiger partial charge in [0.05, 0.1) is 0 Å². The highest BCUT2D eigenvalue weighted by Crippen LogP contribution is 2.02. The van der Waals surface area contributed by atoms with Crippen molar-refractivity contribution >= 4 is 5.97 Å². The molecule has 0 aromatic heterocycles. The Hall–Kier alpha value is -0.690. The van der Waals surface area contributed by atoms with Gasteiger partial charge in [-0.15, -0.1) is 0 Å². The maximum atomic E-state index is 10.2. The highest BCUT2D eigenvalue weighted by Gasteiger charge is 2.38. The molecule has 0 fully saturated rings. The van der Waals surface area contributed by atoms with Gasteiger partial charge in [-0.1, -0.05) is 0 Å². The molecule has 0 aliphatic carbocycles. The molecule has 0 saturated heterocycles. The zero-order valence-electron chi connectivity index (χ0n) is 5.37. The average Bonchev–Trinajstić information content (AvgIpc) is 1.92. The first-order chi connectivity index (χ1) is 4.63. The molecule has 0 saturated carbocycles. The van der Waals surface area contributed by atoms with Crippen LogP contribution in [0.25, 0.3) is 0 Å². The maximum absolute atomic E-state index is 10.2. The molecule has 0 aliphatic rings. The van der Waals surface area contributed by atoms with E-state index in [0.717, 1.165) is 0 Å². The van der Waals surface area contributed by atoms with Gasteiger partial charge in [0.25, 0.3) is 5.72 Å². The predicted octanol–water partition coefficient (Wildman–Crippen LogP) is -1.53. The first-order valence-electron chi connectivity index (χ1n) is 2.48. The van der Waals surface area contributed by atoms with Crippen molar-refractivity contribution in [2.75, 3.05) is 13.7 Å². The van der Waals surface area contributed by atoms with Crippen molar-refractivity contribution in [3.05, 3.63) is 0 Å². The Morgan fingerprint density at radius 2 is 2.30 bits per heavy atom. The molecular formula is C4H9NO5. The Morgan fingerprint density at radius 3 is 2.30 bits per heavy atom. The molecular weight excluding hydrogens is 142 g/mol. The lowest BCUT2D eigenvalue weighted by atomic mass is 10.2. The third-order valence-corrected chi connectivity index (χ3v) is 1.13. The summed E-state index contributed by atoms with van der Waals surface area (Å²) in [5.41, 5.74) is -2.10. The number of aliphatic hydroxyl groups excluding tert-OH is 1. The number of hydrogen-bond acceptors (Lipinski definition) is 5. The van der Waals surface area contributed by atoms with Gasteiger partial charge in [-0.25, -0.2) is 14.9 Å². The van der Waals surface area contributed by atoms with Crippen LogP contribution in [0.3, 0.4) is 0 Å². The van der Waals surface area contributed by atoms with Crippen LogP contribution in [0.1, 0.15) is 0 Å². The predicted molar refractivity (Wildman–Crippen MR) is 30.2 cm³/mol. The van der Waals surface area contributed by atoms with Crippen LogP contribution in [0.5, 0.6) is 0 Å². The van der Waals surface area contributed by atoms with Gasteiger partial charge in [-0.3, -0.25) is 5.32 Å². The maximum Gasteiger partial charge on any atom is 0.357 e. The van der Waals surface area contributed by atoms with Crippen LogP contribution in [0, 0.1) is 0 Å². The number of aliphatic hydroxyl groups is 1. The van der Waals surface area contributed by atoms with E-state index in [4.69, 9.17) is 15.5 Å². The molecule has 6 nitrogen and oxygen atoms in total. The lowest BCUT2D eigenvalue weighted by molar-refractivity contribution is -0.331. The second-order valence-corrected chi connectivity index (χ2v) is 1.63. The van der Waals surface area contributed by atoms with Crippen LogP contribution in [0.15, 0.2) is 0 Å². The summed E-state index contributed by atoms with van der Waals surface area (Å²) in [7, 11) is 1.24. The molecule has 0 rings (SSSR count). The second kappa shape index (κ2) is 3.47. The summed E-state index contributed by atoms with van der Waals surface area (Å²) in [5.74, 6) is -1.49. The number of rotatable bonds is 4. The van der Waals surface area contributed by atoms with Crippen LogP contribution >= 0.6 is 0 Å². The van der Waals surface area contributed by atoms with E-state index in [1.54, 1.807) is 0 Å². The molecule has 0 spiro atoms. The largest absolute Gasteiger partial charge is 0.478 e. The Bertz CT molecular complexity index is 113. The highest BCUT2D eigenvalue weighted by atomic mass is 17.1. The molecule has 0 unspecified atom stereocenters. The van der Waals surface area contributed by atoms with Crippen LogP contribution in [-0.4, -0.2) is 40.8 Å². The highest BCUT2D eigenvalue weighted by molar-refractivity contribution is 5.76. The summed E-state index contributed by atoms with van der Waals surface area (Å²) in [6, 6.07) is 0. The molecule has 0 amide bonds. The summed E-state index contributed by atoms with van der Waals surface area (Å²) in [6.07, 6.45) is 0. The Balaban J connectivity index is 4.31. The number of carbonyl (C=O) groups is 1. The monoisotopic (exact) mass is 151 g/mol. The van der Waals surface area contributed by atoms with E-state index in [0.29, 0.717) is 0 Å². The van der Waals surface area contributed by atoms with Crippen molar-refractivity contribution in [1.29, 1.82) is 0 Å². The molecule has 0 aromatic carbocycles. The van der Waals surface area contributed by atoms with Crippen LogP contribution in [-0.2, 0) is 9.68 Å². The van der Waals surface area contributed by atoms with Gasteiger partial charge in [0.15, 0.2) is 0 Å². The van der Waals surface area contributed by atoms with Crippen molar-refractivity contribution in [1.82, 2.24) is 5.32 Å². The number of hydrogen-bond donors (Lipinski definition) is 4. The molecule has 60 valence electrons. The van der Waals surface area contributed by atoms with E-state index in [9.17, 15) is 4.79 Å². The van der Waals surface area contributed by atoms with Crippen molar-refractivity contribution < 1.29 is 25.2 Å². The number of aliphatic carboxylic acids is 1. The molecule has 6 heteroatoms. The number of nitrogens with one attached hydrogen (secondary N) is 1.